The lowest BCUT2D eigenvalue weighted by Crippen LogP contribution is -2.58. The van der Waals surface area contributed by atoms with E-state index in [1.165, 1.54) is 4.90 Å². The lowest BCUT2D eigenvalue weighted by Gasteiger charge is -2.37. The average Bonchev–Trinajstić information content (AvgIpc) is 4.12. The van der Waals surface area contributed by atoms with Crippen molar-refractivity contribution in [3.05, 3.63) is 41.6 Å². The van der Waals surface area contributed by atoms with Crippen LogP contribution in [-0.2, 0) is 35.6 Å². The number of methoxy groups -OCH3 is 1. The maximum absolute atomic E-state index is 14.8. The zero-order valence-electron chi connectivity index (χ0n) is 33.2. The van der Waals surface area contributed by atoms with Crippen molar-refractivity contribution in [2.75, 3.05) is 20.3 Å². The molecule has 308 valence electrons. The number of hydrogen-bond donors (Lipinski definition) is 3. The number of rotatable bonds is 9. The second kappa shape index (κ2) is 15.1. The van der Waals surface area contributed by atoms with E-state index in [2.05, 4.69) is 15.4 Å². The van der Waals surface area contributed by atoms with E-state index in [0.717, 1.165) is 54.3 Å². The molecule has 1 spiro atoms. The van der Waals surface area contributed by atoms with Gasteiger partial charge in [0.25, 0.3) is 5.91 Å². The molecule has 3 N–H and O–H groups in total. The van der Waals surface area contributed by atoms with Crippen LogP contribution in [0.4, 0.5) is 4.79 Å². The van der Waals surface area contributed by atoms with Gasteiger partial charge in [0.2, 0.25) is 21.8 Å². The topological polar surface area (TPSA) is 182 Å². The monoisotopic (exact) mass is 805 g/mol. The summed E-state index contributed by atoms with van der Waals surface area (Å²) in [6.07, 6.45) is 12.4. The molecule has 14 nitrogen and oxygen atoms in total. The third-order valence-corrected chi connectivity index (χ3v) is 15.2. The van der Waals surface area contributed by atoms with Gasteiger partial charge in [0, 0.05) is 35.3 Å². The summed E-state index contributed by atoms with van der Waals surface area (Å²) >= 11 is 0. The van der Waals surface area contributed by atoms with Gasteiger partial charge in [-0.15, -0.1) is 0 Å². The molecule has 1 aromatic heterocycles. The minimum Gasteiger partial charge on any atom is -0.497 e. The number of alkyl carbamates (subject to hydrolysis) is 1. The molecule has 4 heterocycles. The van der Waals surface area contributed by atoms with Crippen LogP contribution in [0.25, 0.3) is 10.9 Å². The normalized spacial score (nSPS) is 29.5. The first-order valence-corrected chi connectivity index (χ1v) is 22.3. The summed E-state index contributed by atoms with van der Waals surface area (Å²) in [7, 11) is -2.36. The van der Waals surface area contributed by atoms with Crippen molar-refractivity contribution in [3.8, 4) is 11.5 Å². The molecular weight excluding hydrogens is 751 g/mol. The molecule has 1 saturated heterocycles. The van der Waals surface area contributed by atoms with E-state index in [0.29, 0.717) is 62.9 Å². The summed E-state index contributed by atoms with van der Waals surface area (Å²) in [4.78, 5) is 63.2. The maximum atomic E-state index is 14.8. The van der Waals surface area contributed by atoms with E-state index in [1.807, 2.05) is 37.3 Å². The summed E-state index contributed by atoms with van der Waals surface area (Å²) in [5.74, 6) is -0.531. The minimum absolute atomic E-state index is 0.0758. The minimum atomic E-state index is -3.98. The number of hydrogen-bond acceptors (Lipinski definition) is 10. The van der Waals surface area contributed by atoms with Gasteiger partial charge in [0.1, 0.15) is 34.7 Å². The summed E-state index contributed by atoms with van der Waals surface area (Å²) in [5, 5.41) is 6.76. The summed E-state index contributed by atoms with van der Waals surface area (Å²) in [6, 6.07) is 3.81. The van der Waals surface area contributed by atoms with Gasteiger partial charge in [-0.05, 0) is 89.7 Å². The number of carbonyl (C=O) groups is 4. The van der Waals surface area contributed by atoms with Gasteiger partial charge < -0.3 is 29.7 Å². The SMILES string of the molecule is CCCCOC(=O)N[C@H]1CCCCCC=C[C@@H]2C[C@@]2(C(=O)NS(=O)(=O)C2(C)CC2)NC(=O)[C@@H]2C[C@]3(CCc4c(c(C5CC5)nc5cc(OC)ccc45)O3)CN2C1=O. The number of amides is 4. The second-order valence-electron chi connectivity index (χ2n) is 17.3. The number of allylic oxidation sites excluding steroid dienone is 1. The van der Waals surface area contributed by atoms with Gasteiger partial charge in [0.15, 0.2) is 0 Å². The van der Waals surface area contributed by atoms with Crippen LogP contribution < -0.4 is 24.8 Å². The highest BCUT2D eigenvalue weighted by Gasteiger charge is 2.64. The predicted octanol–water partition coefficient (Wildman–Crippen LogP) is 5.07. The number of fused-ring (bicyclic) bond motifs is 5. The molecule has 2 aromatic rings. The van der Waals surface area contributed by atoms with E-state index in [9.17, 15) is 27.6 Å². The molecule has 1 aromatic carbocycles. The van der Waals surface area contributed by atoms with Crippen LogP contribution in [0.5, 0.6) is 11.5 Å². The second-order valence-corrected chi connectivity index (χ2v) is 19.5. The first kappa shape index (κ1) is 39.4. The molecule has 3 aliphatic carbocycles. The lowest BCUT2D eigenvalue weighted by molar-refractivity contribution is -0.141. The van der Waals surface area contributed by atoms with E-state index >= 15 is 0 Å². The van der Waals surface area contributed by atoms with Gasteiger partial charge in [-0.25, -0.2) is 18.2 Å². The van der Waals surface area contributed by atoms with Crippen molar-refractivity contribution < 1.29 is 41.8 Å². The Bertz CT molecular complexity index is 2100. The molecule has 0 bridgehead atoms. The fourth-order valence-corrected chi connectivity index (χ4v) is 10.1. The molecular formula is C42H55N5O9S. The Balaban J connectivity index is 1.14. The van der Waals surface area contributed by atoms with Gasteiger partial charge in [-0.2, -0.15) is 0 Å². The predicted molar refractivity (Wildman–Crippen MR) is 211 cm³/mol. The molecule has 4 amide bonds. The third kappa shape index (κ3) is 7.68. The molecule has 3 saturated carbocycles. The number of benzene rings is 1. The number of nitrogens with one attached hydrogen (secondary N) is 3. The summed E-state index contributed by atoms with van der Waals surface area (Å²) < 4.78 is 45.8. The molecule has 0 unspecified atom stereocenters. The van der Waals surface area contributed by atoms with Crippen LogP contribution in [0.1, 0.15) is 121 Å². The number of carbonyl (C=O) groups excluding carboxylic acids is 4. The number of aromatic nitrogens is 1. The molecule has 57 heavy (non-hydrogen) atoms. The highest BCUT2D eigenvalue weighted by Crippen LogP contribution is 2.52. The summed E-state index contributed by atoms with van der Waals surface area (Å²) in [6.45, 7) is 3.90. The Hall–Kier alpha value is -4.40. The smallest absolute Gasteiger partial charge is 0.407 e. The van der Waals surface area contributed by atoms with Gasteiger partial charge in [-0.1, -0.05) is 38.3 Å². The molecule has 4 fully saturated rings. The molecule has 15 heteroatoms. The average molecular weight is 806 g/mol. The quantitative estimate of drug-likeness (QED) is 0.229. The largest absolute Gasteiger partial charge is 0.497 e. The number of unbranched alkanes of at least 4 members (excludes halogenated alkanes) is 1. The number of nitrogens with zero attached hydrogens (tertiary/aromatic N) is 2. The number of pyridine rings is 1. The lowest BCUT2D eigenvalue weighted by atomic mass is 9.86. The van der Waals surface area contributed by atoms with Gasteiger partial charge in [-0.3, -0.25) is 19.1 Å². The van der Waals surface area contributed by atoms with Crippen molar-refractivity contribution in [1.29, 1.82) is 0 Å². The zero-order chi connectivity index (χ0) is 40.2. The van der Waals surface area contributed by atoms with Crippen LogP contribution >= 0.6 is 0 Å². The standard InChI is InChI=1S/C42H55N5O9S/c1-4-5-21-55-39(51)44-31-12-10-8-6-7-9-11-27-23-42(27,38(50)46-57(52,53)40(2)19-20-40)45-36(48)33-24-41(25-47(33)37(31)49)18-17-30-29-16-15-28(54-3)22-32(29)43-34(26-13-14-26)35(30)56-41/h9,11,15-16,22,26-27,31,33H,4-8,10,12-14,17-21,23-25H2,1-3H3,(H,44,51)(H,45,48)(H,46,50)/t27-,31+,33+,41-,42-/m1/s1. The third-order valence-electron chi connectivity index (χ3n) is 13.0. The highest BCUT2D eigenvalue weighted by atomic mass is 32.2. The Kier molecular flexibility index (Phi) is 10.4. The van der Waals surface area contributed by atoms with Crippen LogP contribution in [0.15, 0.2) is 30.4 Å². The zero-order valence-corrected chi connectivity index (χ0v) is 34.0. The number of sulfonamides is 1. The van der Waals surface area contributed by atoms with Crippen molar-refractivity contribution >= 4 is 44.7 Å². The first-order valence-electron chi connectivity index (χ1n) is 20.8. The van der Waals surface area contributed by atoms with Crippen molar-refractivity contribution in [2.24, 2.45) is 5.92 Å². The van der Waals surface area contributed by atoms with Crippen LogP contribution in [0.2, 0.25) is 0 Å². The Morgan fingerprint density at radius 1 is 1.09 bits per heavy atom. The first-order chi connectivity index (χ1) is 27.3. The number of aryl methyl sites for hydroxylation is 1. The number of ether oxygens (including phenoxy) is 3. The van der Waals surface area contributed by atoms with E-state index in [4.69, 9.17) is 19.2 Å². The molecule has 0 radical (unpaired) electrons. The fraction of sp³-hybridized carbons (Fsp3) is 0.643. The fourth-order valence-electron chi connectivity index (χ4n) is 8.79. The molecule has 5 atom stereocenters. The van der Waals surface area contributed by atoms with Crippen molar-refractivity contribution in [1.82, 2.24) is 25.2 Å². The van der Waals surface area contributed by atoms with E-state index < -0.39 is 67.7 Å². The van der Waals surface area contributed by atoms with Crippen LogP contribution in [-0.4, -0.2) is 90.3 Å². The van der Waals surface area contributed by atoms with Crippen LogP contribution in [0, 0.1) is 5.92 Å². The van der Waals surface area contributed by atoms with Crippen molar-refractivity contribution in [2.45, 2.75) is 144 Å². The summed E-state index contributed by atoms with van der Waals surface area (Å²) in [5.41, 5.74) is 0.278. The van der Waals surface area contributed by atoms with Gasteiger partial charge >= 0.3 is 6.09 Å². The van der Waals surface area contributed by atoms with E-state index in [1.54, 1.807) is 14.0 Å². The van der Waals surface area contributed by atoms with Gasteiger partial charge in [0.05, 0.1) is 36.2 Å². The Morgan fingerprint density at radius 2 is 1.89 bits per heavy atom. The Morgan fingerprint density at radius 3 is 2.63 bits per heavy atom. The van der Waals surface area contributed by atoms with E-state index in [-0.39, 0.29) is 31.9 Å². The Labute approximate surface area is 334 Å². The maximum Gasteiger partial charge on any atom is 0.407 e. The van der Waals surface area contributed by atoms with Crippen LogP contribution in [0.3, 0.4) is 0 Å². The highest BCUT2D eigenvalue weighted by molar-refractivity contribution is 7.91. The molecule has 8 rings (SSSR count). The van der Waals surface area contributed by atoms with Crippen molar-refractivity contribution in [3.63, 3.8) is 0 Å². The molecule has 6 aliphatic rings. The molecule has 3 aliphatic heterocycles.